The molecule has 0 atom stereocenters. The Morgan fingerprint density at radius 1 is 1.35 bits per heavy atom. The molecule has 6 nitrogen and oxygen atoms in total. The van der Waals surface area contributed by atoms with Gasteiger partial charge in [0.1, 0.15) is 9.84 Å². The summed E-state index contributed by atoms with van der Waals surface area (Å²) in [5, 5.41) is 0. The zero-order valence-electron chi connectivity index (χ0n) is 9.51. The molecule has 1 aromatic rings. The highest BCUT2D eigenvalue weighted by Crippen LogP contribution is 1.95. The van der Waals surface area contributed by atoms with Crippen LogP contribution in [0.1, 0.15) is 6.42 Å². The van der Waals surface area contributed by atoms with Crippen LogP contribution in [0.2, 0.25) is 0 Å². The Balaban J connectivity index is 3.00. The van der Waals surface area contributed by atoms with Gasteiger partial charge in [-0.1, -0.05) is 0 Å². The van der Waals surface area contributed by atoms with Crippen LogP contribution in [0.5, 0.6) is 0 Å². The van der Waals surface area contributed by atoms with E-state index in [0.717, 1.165) is 10.8 Å². The molecule has 96 valence electrons. The van der Waals surface area contributed by atoms with Crippen molar-refractivity contribution in [2.24, 2.45) is 7.05 Å². The highest BCUT2D eigenvalue weighted by atomic mass is 127. The fraction of sp³-hybridized carbons (Fsp3) is 0.556. The number of hydrogen-bond donors (Lipinski definition) is 0. The average molecular weight is 372 g/mol. The van der Waals surface area contributed by atoms with Crippen LogP contribution in [0.4, 0.5) is 0 Å². The van der Waals surface area contributed by atoms with E-state index >= 15 is 0 Å². The van der Waals surface area contributed by atoms with E-state index in [1.807, 2.05) is 22.6 Å². The van der Waals surface area contributed by atoms with Crippen molar-refractivity contribution >= 4 is 32.4 Å². The summed E-state index contributed by atoms with van der Waals surface area (Å²) in [4.78, 5) is 23.4. The topological polar surface area (TPSA) is 78.1 Å². The monoisotopic (exact) mass is 372 g/mol. The Hall–Kier alpha value is -0.640. The predicted octanol–water partition coefficient (Wildman–Crippen LogP) is -0.414. The first-order chi connectivity index (χ1) is 7.72. The van der Waals surface area contributed by atoms with Gasteiger partial charge in [0.05, 0.1) is 9.32 Å². The predicted molar refractivity (Wildman–Crippen MR) is 73.0 cm³/mol. The van der Waals surface area contributed by atoms with E-state index in [1.54, 1.807) is 7.05 Å². The minimum atomic E-state index is -3.07. The molecule has 0 spiro atoms. The van der Waals surface area contributed by atoms with E-state index in [0.29, 0.717) is 3.57 Å². The molecule has 0 aliphatic heterocycles. The highest BCUT2D eigenvalue weighted by Gasteiger charge is 2.09. The number of sulfone groups is 1. The van der Waals surface area contributed by atoms with Gasteiger partial charge in [-0.3, -0.25) is 9.36 Å². The molecule has 0 saturated carbocycles. The van der Waals surface area contributed by atoms with Crippen LogP contribution < -0.4 is 11.2 Å². The number of rotatable bonds is 4. The van der Waals surface area contributed by atoms with Gasteiger partial charge in [0.25, 0.3) is 5.56 Å². The van der Waals surface area contributed by atoms with Crippen LogP contribution in [0.3, 0.4) is 0 Å². The molecular formula is C9H13IN2O4S. The summed E-state index contributed by atoms with van der Waals surface area (Å²) in [5.74, 6) is -0.0337. The molecule has 1 heterocycles. The second-order valence-electron chi connectivity index (χ2n) is 3.81. The van der Waals surface area contributed by atoms with Gasteiger partial charge in [0.2, 0.25) is 0 Å². The Bertz CT molecular complexity index is 595. The maximum Gasteiger partial charge on any atom is 0.330 e. The Kier molecular flexibility index (Phi) is 4.53. The van der Waals surface area contributed by atoms with Crippen LogP contribution in [-0.2, 0) is 23.4 Å². The van der Waals surface area contributed by atoms with Gasteiger partial charge in [-0.15, -0.1) is 0 Å². The van der Waals surface area contributed by atoms with Gasteiger partial charge in [-0.05, 0) is 29.0 Å². The van der Waals surface area contributed by atoms with Crippen LogP contribution >= 0.6 is 22.6 Å². The summed E-state index contributed by atoms with van der Waals surface area (Å²) in [7, 11) is -1.51. The van der Waals surface area contributed by atoms with Crippen LogP contribution in [-0.4, -0.2) is 29.6 Å². The zero-order valence-corrected chi connectivity index (χ0v) is 12.5. The lowest BCUT2D eigenvalue weighted by molar-refractivity contribution is 0.564. The molecule has 17 heavy (non-hydrogen) atoms. The molecule has 0 aliphatic rings. The van der Waals surface area contributed by atoms with Crippen molar-refractivity contribution in [2.45, 2.75) is 13.0 Å². The van der Waals surface area contributed by atoms with E-state index in [-0.39, 0.29) is 24.3 Å². The first kappa shape index (κ1) is 14.4. The SMILES string of the molecule is Cn1cc(I)c(=O)n(CCCS(C)(=O)=O)c1=O. The van der Waals surface area contributed by atoms with Crippen molar-refractivity contribution in [3.05, 3.63) is 30.6 Å². The minimum Gasteiger partial charge on any atom is -0.302 e. The molecule has 0 unspecified atom stereocenters. The Labute approximate surface area is 112 Å². The lowest BCUT2D eigenvalue weighted by Gasteiger charge is -2.07. The van der Waals surface area contributed by atoms with Crippen molar-refractivity contribution in [3.8, 4) is 0 Å². The van der Waals surface area contributed by atoms with E-state index in [2.05, 4.69) is 0 Å². The number of nitrogens with zero attached hydrogens (tertiary/aromatic N) is 2. The summed E-state index contributed by atoms with van der Waals surface area (Å²) in [5.41, 5.74) is -0.800. The largest absolute Gasteiger partial charge is 0.330 e. The highest BCUT2D eigenvalue weighted by molar-refractivity contribution is 14.1. The van der Waals surface area contributed by atoms with E-state index in [9.17, 15) is 18.0 Å². The van der Waals surface area contributed by atoms with E-state index < -0.39 is 15.5 Å². The van der Waals surface area contributed by atoms with Gasteiger partial charge in [0.15, 0.2) is 0 Å². The molecule has 0 fully saturated rings. The fourth-order valence-corrected chi connectivity index (χ4v) is 2.73. The summed E-state index contributed by atoms with van der Waals surface area (Å²) >= 11 is 1.85. The lowest BCUT2D eigenvalue weighted by atomic mass is 10.4. The number of aryl methyl sites for hydroxylation is 1. The normalized spacial score (nSPS) is 11.7. The van der Waals surface area contributed by atoms with Crippen LogP contribution in [0, 0.1) is 3.57 Å². The molecule has 0 radical (unpaired) electrons. The van der Waals surface area contributed by atoms with Crippen molar-refractivity contribution < 1.29 is 8.42 Å². The number of hydrogen-bond acceptors (Lipinski definition) is 4. The lowest BCUT2D eigenvalue weighted by Crippen LogP contribution is -2.40. The summed E-state index contributed by atoms with van der Waals surface area (Å²) in [6.07, 6.45) is 2.84. The van der Waals surface area contributed by atoms with Gasteiger partial charge in [-0.25, -0.2) is 13.2 Å². The molecule has 0 saturated heterocycles. The molecule has 0 aromatic carbocycles. The molecule has 0 aliphatic carbocycles. The average Bonchev–Trinajstić information content (AvgIpc) is 2.19. The summed E-state index contributed by atoms with van der Waals surface area (Å²) in [6, 6.07) is 0. The van der Waals surface area contributed by atoms with Gasteiger partial charge < -0.3 is 4.57 Å². The maximum absolute atomic E-state index is 11.7. The molecule has 0 bridgehead atoms. The second kappa shape index (κ2) is 5.34. The minimum absolute atomic E-state index is 0.0337. The number of halogens is 1. The Morgan fingerprint density at radius 3 is 2.47 bits per heavy atom. The van der Waals surface area contributed by atoms with Crippen molar-refractivity contribution in [2.75, 3.05) is 12.0 Å². The molecule has 0 amide bonds. The van der Waals surface area contributed by atoms with Gasteiger partial charge >= 0.3 is 5.69 Å². The van der Waals surface area contributed by atoms with Gasteiger partial charge in [0, 0.05) is 26.0 Å². The Morgan fingerprint density at radius 2 is 1.94 bits per heavy atom. The third kappa shape index (κ3) is 3.95. The van der Waals surface area contributed by atoms with Crippen LogP contribution in [0.25, 0.3) is 0 Å². The smallest absolute Gasteiger partial charge is 0.302 e. The fourth-order valence-electron chi connectivity index (χ4n) is 1.37. The zero-order chi connectivity index (χ0) is 13.2. The second-order valence-corrected chi connectivity index (χ2v) is 7.23. The van der Waals surface area contributed by atoms with E-state index in [1.165, 1.54) is 10.8 Å². The van der Waals surface area contributed by atoms with Crippen molar-refractivity contribution in [3.63, 3.8) is 0 Å². The molecule has 8 heteroatoms. The molecule has 1 aromatic heterocycles. The first-order valence-electron chi connectivity index (χ1n) is 4.86. The summed E-state index contributed by atoms with van der Waals surface area (Å²) < 4.78 is 24.7. The van der Waals surface area contributed by atoms with Crippen molar-refractivity contribution in [1.82, 2.24) is 9.13 Å². The van der Waals surface area contributed by atoms with E-state index in [4.69, 9.17) is 0 Å². The van der Waals surface area contributed by atoms with Gasteiger partial charge in [-0.2, -0.15) is 0 Å². The maximum atomic E-state index is 11.7. The molecule has 0 N–H and O–H groups in total. The summed E-state index contributed by atoms with van der Waals surface area (Å²) in [6.45, 7) is 0.120. The molecular weight excluding hydrogens is 359 g/mol. The third-order valence-electron chi connectivity index (χ3n) is 2.19. The third-order valence-corrected chi connectivity index (χ3v) is 3.96. The first-order valence-corrected chi connectivity index (χ1v) is 8.00. The molecule has 1 rings (SSSR count). The number of aromatic nitrogens is 2. The van der Waals surface area contributed by atoms with Crippen molar-refractivity contribution in [1.29, 1.82) is 0 Å². The van der Waals surface area contributed by atoms with Crippen LogP contribution in [0.15, 0.2) is 15.8 Å². The standard InChI is InChI=1S/C9H13IN2O4S/c1-11-6-7(10)8(13)12(9(11)14)4-3-5-17(2,15)16/h6H,3-5H2,1-2H3. The quantitative estimate of drug-likeness (QED) is 0.673.